The highest BCUT2D eigenvalue weighted by Crippen LogP contribution is 2.38. The summed E-state index contributed by atoms with van der Waals surface area (Å²) >= 11 is 6.37. The van der Waals surface area contributed by atoms with Crippen molar-refractivity contribution in [2.45, 2.75) is 25.7 Å². The molecule has 5 aliphatic heterocycles. The summed E-state index contributed by atoms with van der Waals surface area (Å²) in [6.07, 6.45) is 32.8. The maximum atomic E-state index is 11.3. The number of unbranched alkanes of at least 4 members (excludes halogenated alkanes) is 3. The number of hydrogen-bond donors (Lipinski definition) is 3. The van der Waals surface area contributed by atoms with Gasteiger partial charge in [-0.05, 0) is 144 Å². The molecule has 7 aromatic rings. The maximum Gasteiger partial charge on any atom is 0.213 e. The van der Waals surface area contributed by atoms with Crippen molar-refractivity contribution in [2.75, 3.05) is 27.2 Å². The highest BCUT2D eigenvalue weighted by molar-refractivity contribution is 6.36. The molecule has 3 aromatic carbocycles. The Bertz CT molecular complexity index is 4080. The minimum Gasteiger partial charge on any atom is -0.497 e. The second-order valence-electron chi connectivity index (χ2n) is 19.8. The van der Waals surface area contributed by atoms with Gasteiger partial charge in [-0.1, -0.05) is 36.6 Å². The molecule has 0 radical (unpaired) electrons. The van der Waals surface area contributed by atoms with Crippen molar-refractivity contribution in [1.82, 2.24) is 14.9 Å². The second-order valence-corrected chi connectivity index (χ2v) is 20.3. The van der Waals surface area contributed by atoms with Crippen molar-refractivity contribution in [1.29, 1.82) is 0 Å². The van der Waals surface area contributed by atoms with Gasteiger partial charge in [0.15, 0.2) is 24.8 Å². The summed E-state index contributed by atoms with van der Waals surface area (Å²) in [7, 11) is 7.74. The molecule has 0 atom stereocenters. The van der Waals surface area contributed by atoms with Crippen LogP contribution in [-0.2, 0) is 14.1 Å². The van der Waals surface area contributed by atoms with E-state index < -0.39 is 0 Å². The lowest BCUT2D eigenvalue weighted by Gasteiger charge is -2.16. The van der Waals surface area contributed by atoms with Crippen molar-refractivity contribution in [3.8, 4) is 5.75 Å². The number of aliphatic hydroxyl groups excluding tert-OH is 1. The van der Waals surface area contributed by atoms with E-state index in [1.807, 2.05) is 108 Å². The topological polar surface area (TPSA) is 134 Å². The molecular formula is C65H57ClN10O2+2. The van der Waals surface area contributed by atoms with Crippen LogP contribution >= 0.6 is 11.6 Å². The number of aliphatic imine (C=N–C) groups is 4. The van der Waals surface area contributed by atoms with Gasteiger partial charge in [-0.15, -0.1) is 0 Å². The molecular weight excluding hydrogens is 988 g/mol. The lowest BCUT2D eigenvalue weighted by Crippen LogP contribution is -2.26. The quantitative estimate of drug-likeness (QED) is 0.0370. The van der Waals surface area contributed by atoms with Gasteiger partial charge in [0.1, 0.15) is 19.8 Å². The molecule has 12 rings (SSSR count). The average Bonchev–Trinajstić information content (AvgIpc) is 4.33. The molecule has 0 fully saturated rings. The van der Waals surface area contributed by atoms with Crippen LogP contribution in [-0.4, -0.2) is 70.3 Å². The summed E-state index contributed by atoms with van der Waals surface area (Å²) in [6.45, 7) is 1.19. The summed E-state index contributed by atoms with van der Waals surface area (Å²) in [5.41, 5.74) is 16.9. The van der Waals surface area contributed by atoms with E-state index in [2.05, 4.69) is 125 Å². The molecule has 3 N–H and O–H groups in total. The highest BCUT2D eigenvalue weighted by Gasteiger charge is 2.28. The first-order valence-electron chi connectivity index (χ1n) is 26.3. The van der Waals surface area contributed by atoms with Crippen molar-refractivity contribution in [3.63, 3.8) is 0 Å². The molecule has 78 heavy (non-hydrogen) atoms. The second kappa shape index (κ2) is 21.4. The Kier molecular flexibility index (Phi) is 13.6. The first kappa shape index (κ1) is 49.6. The van der Waals surface area contributed by atoms with Gasteiger partial charge in [0.2, 0.25) is 5.90 Å². The third kappa shape index (κ3) is 10.0. The van der Waals surface area contributed by atoms with E-state index in [1.165, 1.54) is 0 Å². The Morgan fingerprint density at radius 1 is 0.577 bits per heavy atom. The Morgan fingerprint density at radius 3 is 1.74 bits per heavy atom. The molecule has 384 valence electrons. The third-order valence-corrected chi connectivity index (χ3v) is 14.7. The molecule has 0 aliphatic carbocycles. The summed E-state index contributed by atoms with van der Waals surface area (Å²) in [6, 6.07) is 32.5. The van der Waals surface area contributed by atoms with Gasteiger partial charge in [-0.25, -0.2) is 24.1 Å². The summed E-state index contributed by atoms with van der Waals surface area (Å²) < 4.78 is 9.61. The summed E-state index contributed by atoms with van der Waals surface area (Å²) in [4.78, 5) is 35.4. The number of rotatable bonds is 12. The van der Waals surface area contributed by atoms with Crippen molar-refractivity contribution in [3.05, 3.63) is 255 Å². The molecule has 13 heteroatoms. The number of fused-ring (bicyclic) bond motifs is 7. The molecule has 0 saturated carbocycles. The summed E-state index contributed by atoms with van der Waals surface area (Å²) in [5, 5.41) is 15.0. The van der Waals surface area contributed by atoms with Gasteiger partial charge in [-0.3, -0.25) is 9.98 Å². The number of nitrogens with zero attached hydrogens (tertiary/aromatic N) is 8. The molecule has 12 nitrogen and oxygen atoms in total. The first-order chi connectivity index (χ1) is 38.1. The maximum absolute atomic E-state index is 11.3. The van der Waals surface area contributed by atoms with Crippen LogP contribution < -0.4 is 19.2 Å². The first-order valence-corrected chi connectivity index (χ1v) is 26.6. The fraction of sp³-hybridized carbons (Fsp3) is 0.154. The Labute approximate surface area is 457 Å². The van der Waals surface area contributed by atoms with Crippen LogP contribution in [0.1, 0.15) is 59.3 Å². The predicted octanol–water partition coefficient (Wildman–Crippen LogP) is 11.7. The number of aliphatic hydroxyl groups is 1. The normalized spacial score (nSPS) is 16.3. The molecule has 0 unspecified atom stereocenters. The molecule has 0 spiro atoms. The zero-order valence-corrected chi connectivity index (χ0v) is 44.6. The fourth-order valence-electron chi connectivity index (χ4n) is 10.4. The van der Waals surface area contributed by atoms with Gasteiger partial charge in [0.05, 0.1) is 46.7 Å². The van der Waals surface area contributed by atoms with E-state index >= 15 is 0 Å². The lowest BCUT2D eigenvalue weighted by atomic mass is 9.97. The van der Waals surface area contributed by atoms with Gasteiger partial charge in [0.25, 0.3) is 0 Å². The van der Waals surface area contributed by atoms with Crippen LogP contribution in [0.25, 0.3) is 38.5 Å². The number of H-pyrrole nitrogens is 2. The highest BCUT2D eigenvalue weighted by atomic mass is 35.5. The van der Waals surface area contributed by atoms with Crippen LogP contribution in [0.4, 0.5) is 0 Å². The number of aromatic amines is 2. The molecule has 9 heterocycles. The molecule has 5 aliphatic rings. The van der Waals surface area contributed by atoms with Gasteiger partial charge < -0.3 is 24.7 Å². The number of methoxy groups -OCH3 is 1. The van der Waals surface area contributed by atoms with Gasteiger partial charge in [0, 0.05) is 123 Å². The number of pyridine rings is 3. The van der Waals surface area contributed by atoms with Crippen molar-refractivity contribution in [2.24, 2.45) is 39.1 Å². The van der Waals surface area contributed by atoms with Crippen molar-refractivity contribution >= 4 is 73.2 Å². The van der Waals surface area contributed by atoms with E-state index in [0.717, 1.165) is 149 Å². The van der Waals surface area contributed by atoms with Gasteiger partial charge >= 0.3 is 0 Å². The number of hydrogen-bond acceptors (Lipinski definition) is 7. The summed E-state index contributed by atoms with van der Waals surface area (Å²) in [5.74, 6) is 0.793. The molecule has 0 saturated heterocycles. The average molecular weight is 1050 g/mol. The van der Waals surface area contributed by atoms with Gasteiger partial charge in [-0.2, -0.15) is 0 Å². The van der Waals surface area contributed by atoms with Crippen LogP contribution in [0.15, 0.2) is 236 Å². The number of aryl methyl sites for hydroxylation is 2. The predicted molar refractivity (Wildman–Crippen MR) is 315 cm³/mol. The van der Waals surface area contributed by atoms with E-state index in [9.17, 15) is 5.11 Å². The van der Waals surface area contributed by atoms with Crippen LogP contribution in [0.5, 0.6) is 5.75 Å². The van der Waals surface area contributed by atoms with Crippen LogP contribution in [0.3, 0.4) is 0 Å². The molecule has 8 bridgehead atoms. The third-order valence-electron chi connectivity index (χ3n) is 14.5. The largest absolute Gasteiger partial charge is 0.497 e. The number of nitrogens with one attached hydrogen (secondary N) is 2. The SMILES string of the molecule is COc1ccc2[nH]c3cc(Cl)ccc3c(=NCCCCCCN=C(O)c3ccc(C4=C5C=CC(=N5)C(=C5C=CN(C)C=C5)C5=NC(=C(c6cc[n+](C)cc6)c6ccc([nH]6)C(c6cc[n+](C)cc6)=C6C=CC4=N6)C=C5)cc3)c2c1. The molecule has 0 amide bonds. The zero-order chi connectivity index (χ0) is 53.3. The molecule has 4 aromatic heterocycles. The number of allylic oxidation sites excluding steroid dienone is 11. The minimum atomic E-state index is 0.0108. The van der Waals surface area contributed by atoms with E-state index in [4.69, 9.17) is 36.3 Å². The van der Waals surface area contributed by atoms with E-state index in [1.54, 1.807) is 7.11 Å². The number of halogens is 1. The Morgan fingerprint density at radius 2 is 1.14 bits per heavy atom. The van der Waals surface area contributed by atoms with E-state index in [-0.39, 0.29) is 5.90 Å². The van der Waals surface area contributed by atoms with Crippen LogP contribution in [0, 0.1) is 0 Å². The number of ether oxygens (including phenoxy) is 1. The lowest BCUT2D eigenvalue weighted by molar-refractivity contribution is -0.671. The standard InChI is InChI=1S/C65H56ClN10O2/c1-74-33-25-42(26-34-74)61-53-19-17-51(70-53)60(41-9-11-45(12-10-41)65(77)68-32-8-6-5-7-31-67-64-48-15-13-46(66)39-59(48)69-50-16-14-47(78-4)40-49(50)64)52-18-20-54(71-52)62(43-27-35-75(2)36-28-43)56-22-24-58(73-56)63(57-23-21-55(61)72-57)44-29-37-76(3)38-30-44/h9-30,33-40H,5-8,31-32H2,1-4H3,(H2-,67,68,69,70,71,72,73,77)/q+1/p+1. The van der Waals surface area contributed by atoms with E-state index in [0.29, 0.717) is 23.7 Å². The number of benzene rings is 3. The zero-order valence-electron chi connectivity index (χ0n) is 43.9. The Balaban J connectivity index is 0.851. The minimum absolute atomic E-state index is 0.0108. The monoisotopic (exact) mass is 1040 g/mol. The van der Waals surface area contributed by atoms with Crippen molar-refractivity contribution < 1.29 is 19.0 Å². The number of aromatic nitrogens is 4. The van der Waals surface area contributed by atoms with Crippen LogP contribution in [0.2, 0.25) is 5.02 Å². The Hall–Kier alpha value is -9.26. The fourth-order valence-corrected chi connectivity index (χ4v) is 10.6. The smallest absolute Gasteiger partial charge is 0.213 e.